The fraction of sp³-hybridized carbons (Fsp3) is 0. The fourth-order valence-corrected chi connectivity index (χ4v) is 0. The molecule has 0 aliphatic heterocycles. The van der Waals surface area contributed by atoms with Gasteiger partial charge in [-0.1, -0.05) is 0 Å². The normalized spacial score (nSPS) is 0. The molecule has 0 amide bonds. The molecule has 0 aromatic rings. The topological polar surface area (TPSA) is 0 Å². The van der Waals surface area contributed by atoms with Crippen LogP contribution >= 0.6 is 12.4 Å². The summed E-state index contributed by atoms with van der Waals surface area (Å²) >= 11 is 0. The minimum absolute atomic E-state index is 0. The Labute approximate surface area is 133 Å². The number of hydrogen-bond acceptors (Lipinski definition) is 0. The Morgan fingerprint density at radius 3 is 0.500 bits per heavy atom. The van der Waals surface area contributed by atoms with E-state index in [1.807, 2.05) is 0 Å². The zero-order valence-electron chi connectivity index (χ0n) is 2.63. The van der Waals surface area contributed by atoms with Gasteiger partial charge in [0.25, 0.3) is 0 Å². The Bertz CT molecular complexity index is 8.75. The molecule has 0 aliphatic rings. The summed E-state index contributed by atoms with van der Waals surface area (Å²) in [6.07, 6.45) is 0. The van der Waals surface area contributed by atoms with Crippen LogP contribution in [-0.2, 0) is 40.5 Å². The average molecular weight is 413 g/mol. The maximum Gasteiger partial charge on any atom is 3.00 e. The first-order valence-electron chi connectivity index (χ1n) is 0. The van der Waals surface area contributed by atoms with Gasteiger partial charge in [-0.3, -0.25) is 0 Å². The molecule has 0 unspecified atom stereocenters. The van der Waals surface area contributed by atoms with Crippen LogP contribution < -0.4 is 0 Å². The molecule has 6 heteroatoms. The summed E-state index contributed by atoms with van der Waals surface area (Å²) in [6.45, 7) is 0. The molecule has 0 aromatic carbocycles. The molecule has 6 heavy (non-hydrogen) atoms. The number of hydrogen-bond donors (Lipinski definition) is 0. The maximum atomic E-state index is 0. The Morgan fingerprint density at radius 1 is 0.500 bits per heavy atom. The van der Waals surface area contributed by atoms with Crippen molar-refractivity contribution in [2.24, 2.45) is 0 Å². The number of rotatable bonds is 0. The maximum absolute atomic E-state index is 0. The molecule has 0 fully saturated rings. The molecule has 0 spiro atoms. The second kappa shape index (κ2) is 35.5. The summed E-state index contributed by atoms with van der Waals surface area (Å²) in [4.78, 5) is 0. The Hall–Kier alpha value is 4.09. The molecule has 0 aromatic heterocycles. The van der Waals surface area contributed by atoms with Gasteiger partial charge in [0.2, 0.25) is 0 Å². The first-order valence-corrected chi connectivity index (χ1v) is 0. The van der Waals surface area contributed by atoms with Crippen molar-refractivity contribution < 1.29 is 83.5 Å². The van der Waals surface area contributed by atoms with E-state index in [1.54, 1.807) is 0 Å². The van der Waals surface area contributed by atoms with E-state index in [0.717, 1.165) is 0 Å². The third-order valence-corrected chi connectivity index (χ3v) is 0. The first kappa shape index (κ1) is 49.8. The molecule has 0 rings (SSSR count). The van der Waals surface area contributed by atoms with Crippen LogP contribution in [0, 0.1) is 83.5 Å². The van der Waals surface area contributed by atoms with Gasteiger partial charge in [-0.25, -0.2) is 0 Å². The van der Waals surface area contributed by atoms with Crippen LogP contribution in [0.4, 0.5) is 0 Å². The van der Waals surface area contributed by atoms with Crippen molar-refractivity contribution in [3.63, 3.8) is 0 Å². The van der Waals surface area contributed by atoms with Crippen LogP contribution in [0.1, 0.15) is 0 Å². The van der Waals surface area contributed by atoms with E-state index >= 15 is 0 Å². The summed E-state index contributed by atoms with van der Waals surface area (Å²) in [5, 5.41) is 0. The molecule has 0 heterocycles. The van der Waals surface area contributed by atoms with E-state index in [1.165, 1.54) is 0 Å². The minimum atomic E-state index is 0. The van der Waals surface area contributed by atoms with E-state index in [9.17, 15) is 0 Å². The fourth-order valence-electron chi connectivity index (χ4n) is 0. The zero-order chi connectivity index (χ0) is 0. The minimum Gasteiger partial charge on any atom is -2.00 e. The molecule has 34 valence electrons. The predicted octanol–water partition coefficient (Wildman–Crippen LogP) is 0.415. The van der Waals surface area contributed by atoms with Gasteiger partial charge in [0.15, 0.2) is 0 Å². The zero-order valence-corrected chi connectivity index (χ0v) is 12.2. The van der Waals surface area contributed by atoms with Crippen LogP contribution in [0.3, 0.4) is 0 Å². The van der Waals surface area contributed by atoms with Crippen LogP contribution in [0.25, 0.3) is 0 Å². The van der Waals surface area contributed by atoms with Crippen molar-refractivity contribution in [1.82, 2.24) is 0 Å². The molecule has 0 aliphatic carbocycles. The van der Waals surface area contributed by atoms with Crippen LogP contribution in [0.15, 0.2) is 0 Å². The van der Waals surface area contributed by atoms with Gasteiger partial charge in [-0.05, 0) is 0 Å². The van der Waals surface area contributed by atoms with Crippen molar-refractivity contribution in [3.05, 3.63) is 0 Å². The molecule has 0 bridgehead atoms. The van der Waals surface area contributed by atoms with E-state index in [-0.39, 0.29) is 136 Å². The second-order valence-corrected chi connectivity index (χ2v) is 0. The average Bonchev–Trinajstić information content (AvgIpc) is 0. The summed E-state index contributed by atoms with van der Waals surface area (Å²) in [5.74, 6) is 0. The van der Waals surface area contributed by atoms with E-state index in [2.05, 4.69) is 0 Å². The molecular weight excluding hydrogens is 412 g/mol. The van der Waals surface area contributed by atoms with Gasteiger partial charge in [0, 0.05) is 0 Å². The van der Waals surface area contributed by atoms with Crippen LogP contribution in [0.5, 0.6) is 0 Å². The monoisotopic (exact) mass is 412 g/mol. The summed E-state index contributed by atoms with van der Waals surface area (Å²) in [6, 6.07) is 0. The predicted molar refractivity (Wildman–Crippen MR) is 29.3 cm³/mol. The van der Waals surface area contributed by atoms with Crippen molar-refractivity contribution >= 4 is 52.9 Å². The summed E-state index contributed by atoms with van der Waals surface area (Å²) in [5.41, 5.74) is 0. The molecule has 2 radical (unpaired) electrons. The van der Waals surface area contributed by atoms with E-state index in [0.29, 0.717) is 0 Å². The van der Waals surface area contributed by atoms with Crippen LogP contribution in [-0.4, -0.2) is 0 Å². The smallest absolute Gasteiger partial charge is 2.00 e. The van der Waals surface area contributed by atoms with Gasteiger partial charge in [-0.15, -0.1) is 12.4 Å². The second-order valence-electron chi connectivity index (χ2n) is 0. The van der Waals surface area contributed by atoms with Gasteiger partial charge < -0.3 is 40.5 Å². The molecule has 0 saturated carbocycles. The van der Waals surface area contributed by atoms with Gasteiger partial charge in [0.05, 0.1) is 0 Å². The Kier molecular flexibility index (Phi) is 295. The molecule has 0 nitrogen and oxygen atoms in total. The van der Waals surface area contributed by atoms with Crippen molar-refractivity contribution in [3.8, 4) is 0 Å². The molecular formula is HCe2ClS3. The standard InChI is InChI=1S/2Ce.ClH.3S/h;;1H;;;/q2*+3;;3*-2. The SMILES string of the molecule is Cl.[Ce+3].[Ce+3].[S-2].[S-2].[S-2]. The van der Waals surface area contributed by atoms with Crippen molar-refractivity contribution in [1.29, 1.82) is 0 Å². The van der Waals surface area contributed by atoms with Gasteiger partial charge in [-0.2, -0.15) is 0 Å². The molecule has 0 N–H and O–H groups in total. The number of halogens is 1. The molecule has 0 saturated heterocycles. The van der Waals surface area contributed by atoms with E-state index in [4.69, 9.17) is 0 Å². The van der Waals surface area contributed by atoms with Crippen molar-refractivity contribution in [2.45, 2.75) is 0 Å². The first-order chi connectivity index (χ1) is 0. The Morgan fingerprint density at radius 2 is 0.500 bits per heavy atom. The van der Waals surface area contributed by atoms with Gasteiger partial charge in [0.1, 0.15) is 0 Å². The van der Waals surface area contributed by atoms with Crippen LogP contribution in [0.2, 0.25) is 0 Å². The Balaban J connectivity index is 0. The third kappa shape index (κ3) is 24.3. The quantitative estimate of drug-likeness (QED) is 0.541. The summed E-state index contributed by atoms with van der Waals surface area (Å²) < 4.78 is 0. The summed E-state index contributed by atoms with van der Waals surface area (Å²) in [7, 11) is 0. The molecule has 0 atom stereocenters. The third-order valence-electron chi connectivity index (χ3n) is 0. The van der Waals surface area contributed by atoms with Crippen molar-refractivity contribution in [2.75, 3.05) is 0 Å². The van der Waals surface area contributed by atoms with E-state index < -0.39 is 0 Å². The largest absolute Gasteiger partial charge is 3.00 e. The van der Waals surface area contributed by atoms with Gasteiger partial charge >= 0.3 is 83.5 Å².